The molecule has 8 heteroatoms. The molecule has 136 valence electrons. The highest BCUT2D eigenvalue weighted by Gasteiger charge is 2.36. The second-order valence-electron chi connectivity index (χ2n) is 7.00. The van der Waals surface area contributed by atoms with Gasteiger partial charge in [0, 0.05) is 37.9 Å². The van der Waals surface area contributed by atoms with E-state index in [0.717, 1.165) is 23.1 Å². The molecule has 1 amide bonds. The molecule has 0 unspecified atom stereocenters. The lowest BCUT2D eigenvalue weighted by atomic mass is 10.0. The molecular formula is C18H22N6O2. The summed E-state index contributed by atoms with van der Waals surface area (Å²) in [5.74, 6) is 0.878. The number of carbonyl (C=O) groups is 1. The van der Waals surface area contributed by atoms with E-state index in [-0.39, 0.29) is 17.7 Å². The second-order valence-corrected chi connectivity index (χ2v) is 7.00. The summed E-state index contributed by atoms with van der Waals surface area (Å²) in [7, 11) is 3.67. The zero-order chi connectivity index (χ0) is 18.3. The van der Waals surface area contributed by atoms with Gasteiger partial charge in [-0.05, 0) is 18.9 Å². The van der Waals surface area contributed by atoms with Gasteiger partial charge in [-0.2, -0.15) is 5.10 Å². The number of rotatable bonds is 4. The zero-order valence-electron chi connectivity index (χ0n) is 14.8. The van der Waals surface area contributed by atoms with Crippen molar-refractivity contribution >= 4 is 16.8 Å². The molecule has 2 N–H and O–H groups in total. The molecule has 1 saturated carbocycles. The number of aromatic nitrogens is 5. The van der Waals surface area contributed by atoms with Crippen LogP contribution < -0.4 is 5.32 Å². The first-order chi connectivity index (χ1) is 12.5. The Kier molecular flexibility index (Phi) is 4.20. The molecule has 26 heavy (non-hydrogen) atoms. The Morgan fingerprint density at radius 1 is 1.31 bits per heavy atom. The van der Waals surface area contributed by atoms with E-state index >= 15 is 0 Å². The third-order valence-corrected chi connectivity index (χ3v) is 5.25. The molecule has 3 aromatic rings. The molecule has 1 aromatic carbocycles. The van der Waals surface area contributed by atoms with E-state index < -0.39 is 6.10 Å². The summed E-state index contributed by atoms with van der Waals surface area (Å²) >= 11 is 0. The van der Waals surface area contributed by atoms with Crippen LogP contribution in [-0.4, -0.2) is 48.2 Å². The van der Waals surface area contributed by atoms with Gasteiger partial charge in [0.05, 0.1) is 11.6 Å². The molecule has 0 spiro atoms. The van der Waals surface area contributed by atoms with Crippen molar-refractivity contribution in [1.29, 1.82) is 0 Å². The van der Waals surface area contributed by atoms with Crippen LogP contribution in [0, 0.1) is 5.92 Å². The third-order valence-electron chi connectivity index (χ3n) is 5.25. The Balaban J connectivity index is 1.44. The van der Waals surface area contributed by atoms with Crippen molar-refractivity contribution in [3.8, 4) is 0 Å². The van der Waals surface area contributed by atoms with Gasteiger partial charge in [0.2, 0.25) is 0 Å². The Hall–Kier alpha value is -2.74. The minimum Gasteiger partial charge on any atom is -0.393 e. The number of aliphatic hydroxyl groups excluding tert-OH is 1. The number of fused-ring (bicyclic) bond motifs is 1. The first-order valence-electron chi connectivity index (χ1n) is 8.76. The van der Waals surface area contributed by atoms with Crippen LogP contribution in [0.4, 0.5) is 0 Å². The number of aryl methyl sites for hydroxylation is 2. The molecule has 0 radical (unpaired) electrons. The zero-order valence-corrected chi connectivity index (χ0v) is 14.8. The average molecular weight is 354 g/mol. The Bertz CT molecular complexity index is 946. The lowest BCUT2D eigenvalue weighted by Crippen LogP contribution is -2.33. The SMILES string of the molecule is Cn1cnnc1[C@H]1C[C@H](CNC(=O)c2c3ccccc3nn2C)[C@H](O)C1. The minimum atomic E-state index is -0.458. The molecule has 0 saturated heterocycles. The van der Waals surface area contributed by atoms with E-state index in [1.807, 2.05) is 35.9 Å². The van der Waals surface area contributed by atoms with Crippen LogP contribution in [0.5, 0.6) is 0 Å². The first kappa shape index (κ1) is 16.7. The van der Waals surface area contributed by atoms with Crippen molar-refractivity contribution < 1.29 is 9.90 Å². The monoisotopic (exact) mass is 354 g/mol. The van der Waals surface area contributed by atoms with Gasteiger partial charge in [-0.15, -0.1) is 10.2 Å². The van der Waals surface area contributed by atoms with Crippen molar-refractivity contribution in [3.63, 3.8) is 0 Å². The summed E-state index contributed by atoms with van der Waals surface area (Å²) in [6, 6.07) is 7.58. The fourth-order valence-corrected chi connectivity index (χ4v) is 3.92. The van der Waals surface area contributed by atoms with Crippen molar-refractivity contribution in [3.05, 3.63) is 42.1 Å². The number of nitrogens with zero attached hydrogens (tertiary/aromatic N) is 5. The number of benzene rings is 1. The maximum atomic E-state index is 12.7. The Morgan fingerprint density at radius 3 is 2.88 bits per heavy atom. The first-order valence-corrected chi connectivity index (χ1v) is 8.76. The van der Waals surface area contributed by atoms with Gasteiger partial charge in [-0.25, -0.2) is 0 Å². The highest BCUT2D eigenvalue weighted by atomic mass is 16.3. The van der Waals surface area contributed by atoms with Gasteiger partial charge in [-0.1, -0.05) is 18.2 Å². The number of amides is 1. The third kappa shape index (κ3) is 2.86. The smallest absolute Gasteiger partial charge is 0.270 e. The number of nitrogens with one attached hydrogen (secondary N) is 1. The number of carbonyl (C=O) groups excluding carboxylic acids is 1. The summed E-state index contributed by atoms with van der Waals surface area (Å²) in [5, 5.41) is 26.6. The molecule has 3 atom stereocenters. The highest BCUT2D eigenvalue weighted by Crippen LogP contribution is 2.37. The molecule has 2 heterocycles. The molecule has 0 aliphatic heterocycles. The molecular weight excluding hydrogens is 332 g/mol. The van der Waals surface area contributed by atoms with E-state index in [9.17, 15) is 9.90 Å². The van der Waals surface area contributed by atoms with Crippen LogP contribution in [0.25, 0.3) is 10.9 Å². The fourth-order valence-electron chi connectivity index (χ4n) is 3.92. The van der Waals surface area contributed by atoms with Gasteiger partial charge < -0.3 is 15.0 Å². The van der Waals surface area contributed by atoms with Gasteiger partial charge >= 0.3 is 0 Å². The van der Waals surface area contributed by atoms with E-state index in [0.29, 0.717) is 18.7 Å². The summed E-state index contributed by atoms with van der Waals surface area (Å²) in [5.41, 5.74) is 1.33. The van der Waals surface area contributed by atoms with Crippen LogP contribution in [0.15, 0.2) is 30.6 Å². The number of aliphatic hydroxyl groups is 1. The summed E-state index contributed by atoms with van der Waals surface area (Å²) in [4.78, 5) is 12.7. The van der Waals surface area contributed by atoms with E-state index in [1.54, 1.807) is 18.1 Å². The van der Waals surface area contributed by atoms with Gasteiger partial charge in [-0.3, -0.25) is 9.48 Å². The topological polar surface area (TPSA) is 97.9 Å². The molecule has 1 fully saturated rings. The highest BCUT2D eigenvalue weighted by molar-refractivity contribution is 6.04. The molecule has 2 aromatic heterocycles. The lowest BCUT2D eigenvalue weighted by Gasteiger charge is -2.15. The molecule has 8 nitrogen and oxygen atoms in total. The fraction of sp³-hybridized carbons (Fsp3) is 0.444. The summed E-state index contributed by atoms with van der Waals surface area (Å²) in [6.45, 7) is 0.424. The lowest BCUT2D eigenvalue weighted by molar-refractivity contribution is 0.0909. The van der Waals surface area contributed by atoms with Gasteiger partial charge in [0.25, 0.3) is 5.91 Å². The number of hydrogen-bond acceptors (Lipinski definition) is 5. The number of hydrogen-bond donors (Lipinski definition) is 2. The predicted octanol–water partition coefficient (Wildman–Crippen LogP) is 0.986. The van der Waals surface area contributed by atoms with Crippen LogP contribution in [-0.2, 0) is 14.1 Å². The van der Waals surface area contributed by atoms with Crippen LogP contribution in [0.3, 0.4) is 0 Å². The predicted molar refractivity (Wildman–Crippen MR) is 95.5 cm³/mol. The summed E-state index contributed by atoms with van der Waals surface area (Å²) < 4.78 is 3.49. The van der Waals surface area contributed by atoms with Crippen LogP contribution in [0.2, 0.25) is 0 Å². The van der Waals surface area contributed by atoms with Gasteiger partial charge in [0.15, 0.2) is 0 Å². The van der Waals surface area contributed by atoms with Crippen LogP contribution in [0.1, 0.15) is 35.1 Å². The normalized spacial score (nSPS) is 22.8. The molecule has 1 aliphatic carbocycles. The molecule has 1 aliphatic rings. The van der Waals surface area contributed by atoms with Crippen molar-refractivity contribution in [1.82, 2.24) is 29.9 Å². The van der Waals surface area contributed by atoms with E-state index in [1.165, 1.54) is 0 Å². The quantitative estimate of drug-likeness (QED) is 0.728. The van der Waals surface area contributed by atoms with E-state index in [2.05, 4.69) is 20.6 Å². The maximum absolute atomic E-state index is 12.7. The van der Waals surface area contributed by atoms with E-state index in [4.69, 9.17) is 0 Å². The van der Waals surface area contributed by atoms with Crippen molar-refractivity contribution in [2.45, 2.75) is 24.9 Å². The van der Waals surface area contributed by atoms with Crippen molar-refractivity contribution in [2.24, 2.45) is 20.0 Å². The Morgan fingerprint density at radius 2 is 2.12 bits per heavy atom. The van der Waals surface area contributed by atoms with Gasteiger partial charge in [0.1, 0.15) is 17.8 Å². The minimum absolute atomic E-state index is 0.000131. The second kappa shape index (κ2) is 6.53. The Labute approximate surface area is 150 Å². The van der Waals surface area contributed by atoms with Crippen LogP contribution >= 0.6 is 0 Å². The summed E-state index contributed by atoms with van der Waals surface area (Å²) in [6.07, 6.45) is 2.63. The van der Waals surface area contributed by atoms with Crippen molar-refractivity contribution in [2.75, 3.05) is 6.54 Å². The standard InChI is InChI=1S/C18H22N6O2/c1-23-10-20-21-17(23)11-7-12(15(25)8-11)9-19-18(26)16-13-5-3-4-6-14(13)22-24(16)2/h3-6,10-12,15,25H,7-9H2,1-2H3,(H,19,26)/t11-,12+,15+/m0/s1. The molecule has 0 bridgehead atoms. The molecule has 4 rings (SSSR count). The maximum Gasteiger partial charge on any atom is 0.270 e. The largest absolute Gasteiger partial charge is 0.393 e. The average Bonchev–Trinajstić information content (AvgIpc) is 3.29.